The summed E-state index contributed by atoms with van der Waals surface area (Å²) in [5.74, 6) is -0.839. The number of likely N-dealkylation sites (N-methyl/N-ethyl adjacent to an activating group) is 1. The lowest BCUT2D eigenvalue weighted by atomic mass is 10.1. The zero-order valence-electron chi connectivity index (χ0n) is 13.3. The van der Waals surface area contributed by atoms with Gasteiger partial charge in [0.05, 0.1) is 11.3 Å². The molecular weight excluding hydrogens is 264 g/mol. The van der Waals surface area contributed by atoms with Crippen molar-refractivity contribution in [1.29, 1.82) is 0 Å². The van der Waals surface area contributed by atoms with Crippen LogP contribution in [0.25, 0.3) is 0 Å². The minimum Gasteiger partial charge on any atom is -0.369 e. The molecule has 1 aliphatic rings. The van der Waals surface area contributed by atoms with E-state index in [2.05, 4.69) is 25.7 Å². The fourth-order valence-electron chi connectivity index (χ4n) is 2.70. The Kier molecular flexibility index (Phi) is 4.66. The van der Waals surface area contributed by atoms with E-state index in [0.717, 1.165) is 37.2 Å². The van der Waals surface area contributed by atoms with E-state index in [1.807, 2.05) is 12.1 Å². The summed E-state index contributed by atoms with van der Waals surface area (Å²) >= 11 is 0. The number of amides is 1. The predicted octanol–water partition coefficient (Wildman–Crippen LogP) is 3.25. The van der Waals surface area contributed by atoms with Crippen LogP contribution in [0.2, 0.25) is 0 Å². The van der Waals surface area contributed by atoms with Crippen molar-refractivity contribution < 1.29 is 9.59 Å². The van der Waals surface area contributed by atoms with Crippen molar-refractivity contribution in [3.63, 3.8) is 0 Å². The molecular formula is C17H24N2O2. The summed E-state index contributed by atoms with van der Waals surface area (Å²) < 4.78 is 0. The van der Waals surface area contributed by atoms with Crippen molar-refractivity contribution in [2.24, 2.45) is 0 Å². The third kappa shape index (κ3) is 2.80. The van der Waals surface area contributed by atoms with Crippen LogP contribution in [0.3, 0.4) is 0 Å². The van der Waals surface area contributed by atoms with Gasteiger partial charge in [-0.3, -0.25) is 9.59 Å². The molecule has 114 valence electrons. The van der Waals surface area contributed by atoms with E-state index in [4.69, 9.17) is 0 Å². The van der Waals surface area contributed by atoms with E-state index in [9.17, 15) is 9.59 Å². The number of hydrogen-bond donors (Lipinski definition) is 0. The van der Waals surface area contributed by atoms with Crippen LogP contribution in [0, 0.1) is 0 Å². The molecule has 0 spiro atoms. The van der Waals surface area contributed by atoms with Crippen LogP contribution in [-0.4, -0.2) is 31.3 Å². The third-order valence-electron chi connectivity index (χ3n) is 4.29. The van der Waals surface area contributed by atoms with Gasteiger partial charge in [-0.05, 0) is 38.0 Å². The summed E-state index contributed by atoms with van der Waals surface area (Å²) in [7, 11) is 1.66. The smallest absolute Gasteiger partial charge is 0.299 e. The van der Waals surface area contributed by atoms with E-state index in [0.29, 0.717) is 11.6 Å². The van der Waals surface area contributed by atoms with Crippen molar-refractivity contribution in [3.8, 4) is 0 Å². The van der Waals surface area contributed by atoms with Gasteiger partial charge in [0.15, 0.2) is 0 Å². The molecule has 0 saturated carbocycles. The van der Waals surface area contributed by atoms with Crippen LogP contribution in [0.5, 0.6) is 0 Å². The van der Waals surface area contributed by atoms with Crippen LogP contribution in [0.15, 0.2) is 18.2 Å². The van der Waals surface area contributed by atoms with E-state index >= 15 is 0 Å². The first-order chi connectivity index (χ1) is 10.0. The Morgan fingerprint density at radius 2 is 1.95 bits per heavy atom. The van der Waals surface area contributed by atoms with Gasteiger partial charge >= 0.3 is 0 Å². The Morgan fingerprint density at radius 1 is 1.24 bits per heavy atom. The molecule has 1 unspecified atom stereocenters. The Hall–Kier alpha value is -1.84. The zero-order chi connectivity index (χ0) is 15.6. The number of anilines is 2. The molecule has 1 heterocycles. The van der Waals surface area contributed by atoms with Gasteiger partial charge in [0.25, 0.3) is 11.7 Å². The van der Waals surface area contributed by atoms with Gasteiger partial charge in [0.2, 0.25) is 0 Å². The van der Waals surface area contributed by atoms with E-state index in [1.54, 1.807) is 13.1 Å². The average molecular weight is 288 g/mol. The molecule has 0 bridgehead atoms. The van der Waals surface area contributed by atoms with Crippen LogP contribution < -0.4 is 9.80 Å². The minimum absolute atomic E-state index is 0.400. The Bertz CT molecular complexity index is 554. The summed E-state index contributed by atoms with van der Waals surface area (Å²) in [6.07, 6.45) is 3.35. The highest BCUT2D eigenvalue weighted by Crippen LogP contribution is 2.32. The topological polar surface area (TPSA) is 40.6 Å². The molecule has 0 fully saturated rings. The van der Waals surface area contributed by atoms with E-state index in [1.165, 1.54) is 4.90 Å². The second-order valence-corrected chi connectivity index (χ2v) is 5.70. The second kappa shape index (κ2) is 6.29. The molecule has 4 heteroatoms. The molecule has 0 aliphatic carbocycles. The number of benzene rings is 1. The first-order valence-corrected chi connectivity index (χ1v) is 7.74. The Labute approximate surface area is 126 Å². The van der Waals surface area contributed by atoms with Crippen molar-refractivity contribution in [2.75, 3.05) is 23.4 Å². The molecule has 0 N–H and O–H groups in total. The molecule has 1 atom stereocenters. The van der Waals surface area contributed by atoms with Gasteiger partial charge in [-0.15, -0.1) is 0 Å². The first-order valence-electron chi connectivity index (χ1n) is 7.74. The van der Waals surface area contributed by atoms with Gasteiger partial charge in [-0.1, -0.05) is 20.3 Å². The number of nitrogens with zero attached hydrogens (tertiary/aromatic N) is 2. The molecule has 1 amide bonds. The number of carbonyl (C=O) groups excluding carboxylic acids is 2. The van der Waals surface area contributed by atoms with Gasteiger partial charge in [-0.25, -0.2) is 0 Å². The monoisotopic (exact) mass is 288 g/mol. The lowest BCUT2D eigenvalue weighted by molar-refractivity contribution is -0.114. The predicted molar refractivity (Wildman–Crippen MR) is 86.2 cm³/mol. The van der Waals surface area contributed by atoms with Crippen LogP contribution in [0.1, 0.15) is 50.4 Å². The molecule has 4 nitrogen and oxygen atoms in total. The van der Waals surface area contributed by atoms with Gasteiger partial charge in [0.1, 0.15) is 0 Å². The third-order valence-corrected chi connectivity index (χ3v) is 4.29. The van der Waals surface area contributed by atoms with Gasteiger partial charge in [0, 0.05) is 25.3 Å². The number of Topliss-reactive ketones (excluding diaryl/α,β-unsaturated/α-hetero) is 1. The molecule has 2 rings (SSSR count). The summed E-state index contributed by atoms with van der Waals surface area (Å²) in [5.41, 5.74) is 2.34. The molecule has 1 aromatic carbocycles. The minimum atomic E-state index is -0.439. The van der Waals surface area contributed by atoms with Crippen molar-refractivity contribution in [1.82, 2.24) is 0 Å². The van der Waals surface area contributed by atoms with Gasteiger partial charge < -0.3 is 9.80 Å². The number of rotatable bonds is 6. The number of carbonyl (C=O) groups is 2. The first kappa shape index (κ1) is 15.5. The molecule has 0 saturated heterocycles. The molecule has 1 aliphatic heterocycles. The quantitative estimate of drug-likeness (QED) is 0.754. The summed E-state index contributed by atoms with van der Waals surface area (Å²) in [6.45, 7) is 7.57. The maximum absolute atomic E-state index is 11.8. The molecule has 0 aromatic heterocycles. The van der Waals surface area contributed by atoms with Crippen LogP contribution >= 0.6 is 0 Å². The van der Waals surface area contributed by atoms with Crippen molar-refractivity contribution in [2.45, 2.75) is 46.1 Å². The number of unbranched alkanes of at least 4 members (excludes halogenated alkanes) is 1. The highest BCUT2D eigenvalue weighted by atomic mass is 16.2. The Balaban J connectivity index is 2.36. The normalized spacial score (nSPS) is 15.3. The van der Waals surface area contributed by atoms with Crippen LogP contribution in [0.4, 0.5) is 11.4 Å². The fourth-order valence-corrected chi connectivity index (χ4v) is 2.70. The lowest BCUT2D eigenvalue weighted by Crippen LogP contribution is -2.33. The van der Waals surface area contributed by atoms with Crippen molar-refractivity contribution >= 4 is 23.1 Å². The fraction of sp³-hybridized carbons (Fsp3) is 0.529. The lowest BCUT2D eigenvalue weighted by Gasteiger charge is -2.31. The summed E-state index contributed by atoms with van der Waals surface area (Å²) in [5, 5.41) is 0. The van der Waals surface area contributed by atoms with E-state index in [-0.39, 0.29) is 0 Å². The number of ketones is 1. The zero-order valence-corrected chi connectivity index (χ0v) is 13.3. The van der Waals surface area contributed by atoms with Crippen LogP contribution in [-0.2, 0) is 4.79 Å². The largest absolute Gasteiger partial charge is 0.369 e. The highest BCUT2D eigenvalue weighted by molar-refractivity contribution is 6.52. The Morgan fingerprint density at radius 3 is 2.57 bits per heavy atom. The molecule has 0 radical (unpaired) electrons. The molecule has 1 aromatic rings. The highest BCUT2D eigenvalue weighted by Gasteiger charge is 2.33. The number of hydrogen-bond acceptors (Lipinski definition) is 3. The summed E-state index contributed by atoms with van der Waals surface area (Å²) in [6, 6.07) is 6.16. The average Bonchev–Trinajstić information content (AvgIpc) is 2.72. The number of fused-ring (bicyclic) bond motifs is 1. The standard InChI is InChI=1S/C17H24N2O2/c1-5-7-10-19(12(3)6-2)13-8-9-14-15(11-13)18(4)17(21)16(14)20/h8-9,11-12H,5-7,10H2,1-4H3. The maximum Gasteiger partial charge on any atom is 0.299 e. The molecule has 21 heavy (non-hydrogen) atoms. The van der Waals surface area contributed by atoms with Gasteiger partial charge in [-0.2, -0.15) is 0 Å². The van der Waals surface area contributed by atoms with E-state index < -0.39 is 11.7 Å². The second-order valence-electron chi connectivity index (χ2n) is 5.70. The summed E-state index contributed by atoms with van der Waals surface area (Å²) in [4.78, 5) is 27.4. The van der Waals surface area contributed by atoms with Crippen molar-refractivity contribution in [3.05, 3.63) is 23.8 Å². The maximum atomic E-state index is 11.8. The SMILES string of the molecule is CCCCN(c1ccc2c(c1)N(C)C(=O)C2=O)C(C)CC.